The Morgan fingerprint density at radius 1 is 1.40 bits per heavy atom. The van der Waals surface area contributed by atoms with Crippen molar-refractivity contribution in [3.05, 3.63) is 35.4 Å². The van der Waals surface area contributed by atoms with Crippen LogP contribution in [0.1, 0.15) is 36.8 Å². The fourth-order valence-electron chi connectivity index (χ4n) is 2.12. The second-order valence-electron chi connectivity index (χ2n) is 5.17. The summed E-state index contributed by atoms with van der Waals surface area (Å²) in [5.41, 5.74) is 1.25. The molecule has 0 saturated heterocycles. The first-order valence-corrected chi connectivity index (χ1v) is 6.89. The van der Waals surface area contributed by atoms with Crippen LogP contribution < -0.4 is 5.32 Å². The molecule has 0 unspecified atom stereocenters. The van der Waals surface area contributed by atoms with Gasteiger partial charge in [0.15, 0.2) is 0 Å². The Labute approximate surface area is 118 Å². The third-order valence-corrected chi connectivity index (χ3v) is 3.47. The molecule has 1 aromatic carbocycles. The van der Waals surface area contributed by atoms with E-state index in [1.807, 2.05) is 24.3 Å². The molecule has 20 heavy (non-hydrogen) atoms. The lowest BCUT2D eigenvalue weighted by Crippen LogP contribution is -2.34. The van der Waals surface area contributed by atoms with Crippen molar-refractivity contribution in [2.75, 3.05) is 6.54 Å². The van der Waals surface area contributed by atoms with Gasteiger partial charge in [-0.15, -0.1) is 0 Å². The van der Waals surface area contributed by atoms with Gasteiger partial charge in [-0.25, -0.2) is 4.79 Å². The number of rotatable bonds is 4. The van der Waals surface area contributed by atoms with Crippen LogP contribution in [0.2, 0.25) is 0 Å². The molecule has 3 N–H and O–H groups in total. The number of hydrogen-bond donors (Lipinski definition) is 3. The topological polar surface area (TPSA) is 69.6 Å². The quantitative estimate of drug-likeness (QED) is 0.581. The van der Waals surface area contributed by atoms with Gasteiger partial charge in [0.25, 0.3) is 0 Å². The molecule has 0 aromatic heterocycles. The van der Waals surface area contributed by atoms with Gasteiger partial charge in [-0.3, -0.25) is 0 Å². The molecule has 0 spiro atoms. The smallest absolute Gasteiger partial charge is 0.404 e. The number of amides is 1. The Bertz CT molecular complexity index is 538. The van der Waals surface area contributed by atoms with Crippen LogP contribution in [0, 0.1) is 11.8 Å². The maximum atomic E-state index is 10.3. The molecular weight excluding hydrogens is 254 g/mol. The van der Waals surface area contributed by atoms with Gasteiger partial charge >= 0.3 is 6.09 Å². The lowest BCUT2D eigenvalue weighted by atomic mass is 9.81. The number of carboxylic acid groups (broad SMARTS) is 1. The van der Waals surface area contributed by atoms with E-state index in [9.17, 15) is 9.90 Å². The van der Waals surface area contributed by atoms with Gasteiger partial charge in [0, 0.05) is 12.1 Å². The zero-order chi connectivity index (χ0) is 14.4. The van der Waals surface area contributed by atoms with Crippen LogP contribution in [0.5, 0.6) is 0 Å². The Morgan fingerprint density at radius 2 is 2.20 bits per heavy atom. The first kappa shape index (κ1) is 14.4. The van der Waals surface area contributed by atoms with Crippen molar-refractivity contribution < 1.29 is 15.0 Å². The van der Waals surface area contributed by atoms with Crippen molar-refractivity contribution in [3.8, 4) is 11.8 Å². The largest absolute Gasteiger partial charge is 0.465 e. The standard InChI is InChI=1S/C16H19NO3/c18-15(19)17-11-2-6-13-4-1-5-14(12-13)7-10-16(20)8-3-9-16/h1,4-5,12,17,20H,2-3,6,8-9,11H2,(H,18,19). The molecule has 1 aliphatic carbocycles. The van der Waals surface area contributed by atoms with Gasteiger partial charge in [0.05, 0.1) is 0 Å². The molecule has 0 heterocycles. The highest BCUT2D eigenvalue weighted by Crippen LogP contribution is 2.30. The third-order valence-electron chi connectivity index (χ3n) is 3.47. The molecule has 0 atom stereocenters. The molecule has 4 nitrogen and oxygen atoms in total. The number of benzene rings is 1. The van der Waals surface area contributed by atoms with Crippen LogP contribution in [0.15, 0.2) is 24.3 Å². The molecule has 1 saturated carbocycles. The zero-order valence-electron chi connectivity index (χ0n) is 11.4. The Balaban J connectivity index is 1.89. The normalized spacial score (nSPS) is 15.7. The van der Waals surface area contributed by atoms with Crippen LogP contribution in [0.25, 0.3) is 0 Å². The van der Waals surface area contributed by atoms with Gasteiger partial charge in [0.1, 0.15) is 5.60 Å². The summed E-state index contributed by atoms with van der Waals surface area (Å²) in [6.45, 7) is 0.449. The molecule has 1 amide bonds. The highest BCUT2D eigenvalue weighted by molar-refractivity contribution is 5.64. The Morgan fingerprint density at radius 3 is 2.85 bits per heavy atom. The van der Waals surface area contributed by atoms with E-state index in [0.29, 0.717) is 6.54 Å². The molecular formula is C16H19NO3. The molecule has 0 radical (unpaired) electrons. The van der Waals surface area contributed by atoms with Gasteiger partial charge in [-0.2, -0.15) is 0 Å². The minimum Gasteiger partial charge on any atom is -0.465 e. The van der Waals surface area contributed by atoms with E-state index in [1.165, 1.54) is 0 Å². The number of carbonyl (C=O) groups is 1. The highest BCUT2D eigenvalue weighted by atomic mass is 16.4. The van der Waals surface area contributed by atoms with Crippen LogP contribution in [0.3, 0.4) is 0 Å². The molecule has 4 heteroatoms. The third kappa shape index (κ3) is 4.29. The zero-order valence-corrected chi connectivity index (χ0v) is 11.4. The van der Waals surface area contributed by atoms with Crippen LogP contribution in [0.4, 0.5) is 4.79 Å². The highest BCUT2D eigenvalue weighted by Gasteiger charge is 2.31. The summed E-state index contributed by atoms with van der Waals surface area (Å²) in [5.74, 6) is 5.96. The molecule has 106 valence electrons. The summed E-state index contributed by atoms with van der Waals surface area (Å²) < 4.78 is 0. The van der Waals surface area contributed by atoms with Crippen LogP contribution >= 0.6 is 0 Å². The van der Waals surface area contributed by atoms with Crippen molar-refractivity contribution in [3.63, 3.8) is 0 Å². The van der Waals surface area contributed by atoms with E-state index in [4.69, 9.17) is 5.11 Å². The summed E-state index contributed by atoms with van der Waals surface area (Å²) >= 11 is 0. The maximum Gasteiger partial charge on any atom is 0.404 e. The average Bonchev–Trinajstić information content (AvgIpc) is 2.39. The number of aryl methyl sites for hydroxylation is 1. The van der Waals surface area contributed by atoms with Crippen molar-refractivity contribution in [1.82, 2.24) is 5.32 Å². The summed E-state index contributed by atoms with van der Waals surface area (Å²) in [5, 5.41) is 20.8. The van der Waals surface area contributed by atoms with Crippen molar-refractivity contribution >= 4 is 6.09 Å². The monoisotopic (exact) mass is 273 g/mol. The first-order chi connectivity index (χ1) is 9.57. The first-order valence-electron chi connectivity index (χ1n) is 6.89. The SMILES string of the molecule is O=C(O)NCCCc1cccc(C#CC2(O)CCC2)c1. The number of nitrogens with one attached hydrogen (secondary N) is 1. The number of hydrogen-bond acceptors (Lipinski definition) is 2. The van der Waals surface area contributed by atoms with Crippen molar-refractivity contribution in [1.29, 1.82) is 0 Å². The fraction of sp³-hybridized carbons (Fsp3) is 0.438. The summed E-state index contributed by atoms with van der Waals surface area (Å²) in [7, 11) is 0. The predicted octanol–water partition coefficient (Wildman–Crippen LogP) is 2.15. The fourth-order valence-corrected chi connectivity index (χ4v) is 2.12. The molecule has 1 aromatic rings. The minimum atomic E-state index is -0.988. The van der Waals surface area contributed by atoms with Gasteiger partial charge in [-0.05, 0) is 49.8 Å². The Kier molecular flexibility index (Phi) is 4.65. The average molecular weight is 273 g/mol. The van der Waals surface area contributed by atoms with E-state index in [1.54, 1.807) is 0 Å². The molecule has 2 rings (SSSR count). The molecule has 0 bridgehead atoms. The summed E-state index contributed by atoms with van der Waals surface area (Å²) in [4.78, 5) is 10.3. The van der Waals surface area contributed by atoms with E-state index >= 15 is 0 Å². The predicted molar refractivity (Wildman–Crippen MR) is 76.5 cm³/mol. The van der Waals surface area contributed by atoms with E-state index in [2.05, 4.69) is 17.2 Å². The lowest BCUT2D eigenvalue weighted by molar-refractivity contribution is 0.0240. The number of aliphatic hydroxyl groups is 1. The second-order valence-corrected chi connectivity index (χ2v) is 5.17. The summed E-state index contributed by atoms with van der Waals surface area (Å²) in [6, 6.07) is 7.86. The van der Waals surface area contributed by atoms with Crippen molar-refractivity contribution in [2.24, 2.45) is 0 Å². The molecule has 1 fully saturated rings. The Hall–Kier alpha value is -1.99. The minimum absolute atomic E-state index is 0.449. The molecule has 0 aliphatic heterocycles. The molecule has 1 aliphatic rings. The second kappa shape index (κ2) is 6.44. The van der Waals surface area contributed by atoms with Crippen LogP contribution in [-0.4, -0.2) is 28.5 Å². The lowest BCUT2D eigenvalue weighted by Gasteiger charge is -2.30. The van der Waals surface area contributed by atoms with E-state index in [0.717, 1.165) is 43.2 Å². The van der Waals surface area contributed by atoms with E-state index in [-0.39, 0.29) is 0 Å². The maximum absolute atomic E-state index is 10.3. The summed E-state index contributed by atoms with van der Waals surface area (Å²) in [6.07, 6.45) is 3.15. The van der Waals surface area contributed by atoms with Gasteiger partial charge in [0.2, 0.25) is 0 Å². The van der Waals surface area contributed by atoms with Gasteiger partial charge in [-0.1, -0.05) is 24.0 Å². The van der Waals surface area contributed by atoms with E-state index < -0.39 is 11.7 Å². The van der Waals surface area contributed by atoms with Gasteiger partial charge < -0.3 is 15.5 Å². The van der Waals surface area contributed by atoms with Crippen molar-refractivity contribution in [2.45, 2.75) is 37.7 Å². The van der Waals surface area contributed by atoms with Crippen LogP contribution in [-0.2, 0) is 6.42 Å².